The summed E-state index contributed by atoms with van der Waals surface area (Å²) in [5, 5.41) is 62.6. The summed E-state index contributed by atoms with van der Waals surface area (Å²) in [6, 6.07) is 6.61. The Hall–Kier alpha value is -3.66. The van der Waals surface area contributed by atoms with E-state index in [2.05, 4.69) is 5.32 Å². The van der Waals surface area contributed by atoms with Crippen LogP contribution in [0.4, 0.5) is 4.79 Å². The van der Waals surface area contributed by atoms with Gasteiger partial charge in [0.15, 0.2) is 11.9 Å². The molecule has 2 saturated carbocycles. The predicted molar refractivity (Wildman–Crippen MR) is 188 cm³/mol. The molecule has 0 spiro atoms. The van der Waals surface area contributed by atoms with E-state index in [0.717, 1.165) is 0 Å². The Bertz CT molecular complexity index is 1670. The first-order valence-corrected chi connectivity index (χ1v) is 18.0. The van der Waals surface area contributed by atoms with E-state index < -0.39 is 101 Å². The lowest BCUT2D eigenvalue weighted by Gasteiger charge is -2.66. The molecule has 2 bridgehead atoms. The lowest BCUT2D eigenvalue weighted by atomic mass is 9.44. The Kier molecular flexibility index (Phi) is 11.1. The van der Waals surface area contributed by atoms with Gasteiger partial charge in [0, 0.05) is 24.2 Å². The van der Waals surface area contributed by atoms with Crippen LogP contribution < -0.4 is 5.32 Å². The van der Waals surface area contributed by atoms with Crippen molar-refractivity contribution in [3.8, 4) is 0 Å². The van der Waals surface area contributed by atoms with E-state index in [0.29, 0.717) is 5.57 Å². The fourth-order valence-corrected chi connectivity index (χ4v) is 8.72. The van der Waals surface area contributed by atoms with Gasteiger partial charge in [-0.1, -0.05) is 57.5 Å². The van der Waals surface area contributed by atoms with Crippen LogP contribution in [0.25, 0.3) is 0 Å². The van der Waals surface area contributed by atoms with Crippen LogP contribution in [-0.4, -0.2) is 116 Å². The third-order valence-corrected chi connectivity index (χ3v) is 11.8. The summed E-state index contributed by atoms with van der Waals surface area (Å²) < 4.78 is 22.9. The smallest absolute Gasteiger partial charge is 0.407 e. The maximum atomic E-state index is 14.6. The summed E-state index contributed by atoms with van der Waals surface area (Å²) in [6.07, 6.45) is -9.63. The molecule has 1 heterocycles. The normalized spacial score (nSPS) is 35.6. The van der Waals surface area contributed by atoms with Crippen LogP contribution in [0, 0.1) is 22.7 Å². The average Bonchev–Trinajstić information content (AvgIpc) is 3.08. The number of hydrogen-bond donors (Lipinski definition) is 6. The Balaban J connectivity index is 1.61. The topological polar surface area (TPSA) is 218 Å². The lowest BCUT2D eigenvalue weighted by Crippen LogP contribution is -2.81. The second kappa shape index (κ2) is 14.5. The number of esters is 2. The molecule has 1 unspecified atom stereocenters. The molecule has 11 atom stereocenters. The Labute approximate surface area is 309 Å². The molecule has 3 fully saturated rings. The van der Waals surface area contributed by atoms with Crippen molar-refractivity contribution in [2.24, 2.45) is 22.7 Å². The van der Waals surface area contributed by atoms with E-state index in [4.69, 9.17) is 18.9 Å². The molecule has 4 aliphatic rings. The van der Waals surface area contributed by atoms with Gasteiger partial charge >= 0.3 is 18.0 Å². The van der Waals surface area contributed by atoms with Gasteiger partial charge in [-0.25, -0.2) is 14.4 Å². The highest BCUT2D eigenvalue weighted by atomic mass is 16.6. The number of allylic oxidation sites excluding steroid dienone is 1. The molecule has 0 aromatic heterocycles. The summed E-state index contributed by atoms with van der Waals surface area (Å²) in [7, 11) is 0. The van der Waals surface area contributed by atoms with Crippen LogP contribution in [0.15, 0.2) is 53.1 Å². The molecule has 1 aromatic rings. The van der Waals surface area contributed by atoms with Crippen LogP contribution >= 0.6 is 0 Å². The molecule has 1 aromatic carbocycles. The van der Waals surface area contributed by atoms with Gasteiger partial charge in [0.2, 0.25) is 0 Å². The van der Waals surface area contributed by atoms with E-state index in [-0.39, 0.29) is 42.3 Å². The SMILES string of the molecule is CC(C)=C[C@H](NC(=O)OCC(C)C)[C@@H](O)C(=O)OC1C[C@@]2(O)[C@@H](OC(=O)c3ccccc3)[C@@H]3[C@]4(O)CO[C@@H]4C[C@H](O)[C@@]3(C)C(=O)[C@H](O)C(=C1C)C2(C)C. The molecule has 53 heavy (non-hydrogen) atoms. The molecule has 1 amide bonds. The van der Waals surface area contributed by atoms with Crippen molar-refractivity contribution < 1.29 is 63.7 Å². The number of fused-ring (bicyclic) bond motifs is 5. The van der Waals surface area contributed by atoms with Crippen molar-refractivity contribution in [2.45, 2.75) is 122 Å². The molecule has 0 radical (unpaired) electrons. The molecule has 14 nitrogen and oxygen atoms in total. The minimum atomic E-state index is -2.29. The van der Waals surface area contributed by atoms with Gasteiger partial charge < -0.3 is 49.8 Å². The number of carbonyl (C=O) groups is 4. The maximum absolute atomic E-state index is 14.6. The molecule has 1 saturated heterocycles. The number of ketones is 1. The van der Waals surface area contributed by atoms with Crippen molar-refractivity contribution in [3.05, 3.63) is 58.7 Å². The zero-order chi connectivity index (χ0) is 39.4. The second-order valence-electron chi connectivity index (χ2n) is 16.4. The van der Waals surface area contributed by atoms with E-state index in [9.17, 15) is 44.7 Å². The third kappa shape index (κ3) is 6.82. The second-order valence-corrected chi connectivity index (χ2v) is 16.4. The summed E-state index contributed by atoms with van der Waals surface area (Å²) in [6.45, 7) is 12.9. The molecular formula is C39H53NO13. The average molecular weight is 744 g/mol. The van der Waals surface area contributed by atoms with Gasteiger partial charge in [-0.2, -0.15) is 0 Å². The van der Waals surface area contributed by atoms with Gasteiger partial charge in [0.05, 0.1) is 42.4 Å². The maximum Gasteiger partial charge on any atom is 0.407 e. The molecular weight excluding hydrogens is 690 g/mol. The van der Waals surface area contributed by atoms with E-state index >= 15 is 0 Å². The number of ether oxygens (including phenoxy) is 4. The number of Topliss-reactive ketones (excluding diaryl/α,β-unsaturated/α-hetero) is 1. The van der Waals surface area contributed by atoms with Crippen molar-refractivity contribution in [3.63, 3.8) is 0 Å². The van der Waals surface area contributed by atoms with Crippen LogP contribution in [0.1, 0.15) is 78.6 Å². The number of benzene rings is 1. The molecule has 14 heteroatoms. The molecule has 6 N–H and O–H groups in total. The van der Waals surface area contributed by atoms with Crippen LogP contribution in [0.3, 0.4) is 0 Å². The number of amides is 1. The zero-order valence-corrected chi connectivity index (χ0v) is 31.5. The van der Waals surface area contributed by atoms with E-state index in [1.807, 2.05) is 13.8 Å². The first-order valence-electron chi connectivity index (χ1n) is 18.0. The highest BCUT2D eigenvalue weighted by molar-refractivity contribution is 5.94. The van der Waals surface area contributed by atoms with Crippen molar-refractivity contribution in [1.29, 1.82) is 0 Å². The lowest BCUT2D eigenvalue weighted by molar-refractivity contribution is -0.343. The Morgan fingerprint density at radius 1 is 1.06 bits per heavy atom. The monoisotopic (exact) mass is 743 g/mol. The largest absolute Gasteiger partial charge is 0.456 e. The van der Waals surface area contributed by atoms with Crippen molar-refractivity contribution in [2.75, 3.05) is 13.2 Å². The van der Waals surface area contributed by atoms with E-state index in [1.165, 1.54) is 32.1 Å². The Morgan fingerprint density at radius 3 is 2.26 bits per heavy atom. The van der Waals surface area contributed by atoms with Crippen LogP contribution in [0.2, 0.25) is 0 Å². The number of aliphatic hydroxyl groups is 5. The van der Waals surface area contributed by atoms with Gasteiger partial charge in [0.1, 0.15) is 29.5 Å². The van der Waals surface area contributed by atoms with Crippen LogP contribution in [-0.2, 0) is 28.5 Å². The third-order valence-electron chi connectivity index (χ3n) is 11.8. The van der Waals surface area contributed by atoms with Gasteiger partial charge in [0.25, 0.3) is 0 Å². The molecule has 5 rings (SSSR count). The molecule has 1 aliphatic heterocycles. The first kappa shape index (κ1) is 40.5. The van der Waals surface area contributed by atoms with Crippen molar-refractivity contribution in [1.82, 2.24) is 5.32 Å². The standard InChI is InChI=1S/C39H53NO13/c1-19(2)14-23(40-35(47)50-17-20(3)4)28(42)34(46)52-24-16-39(49)32(53-33(45)22-12-10-9-11-13-22)30-37(8,25(41)15-26-38(30,48)18-51-26)31(44)29(43)27(21(24)5)36(39,6)7/h9-14,20,23-26,28-30,32,41-43,48-49H,15-18H2,1-8H3,(H,40,47)/t23-,24?,25-,26+,28+,29+,30-,32-,37+,38-,39+/m0/s1. The first-order chi connectivity index (χ1) is 24.6. The number of rotatable bonds is 9. The van der Waals surface area contributed by atoms with Gasteiger partial charge in [-0.15, -0.1) is 0 Å². The number of carbonyl (C=O) groups excluding carboxylic acids is 4. The summed E-state index contributed by atoms with van der Waals surface area (Å²) in [5.74, 6) is -4.48. The number of aliphatic hydroxyl groups excluding tert-OH is 3. The highest BCUT2D eigenvalue weighted by Crippen LogP contribution is 2.63. The molecule has 3 aliphatic carbocycles. The fraction of sp³-hybridized carbons (Fsp3) is 0.641. The fourth-order valence-electron chi connectivity index (χ4n) is 8.72. The zero-order valence-electron chi connectivity index (χ0n) is 31.5. The number of alkyl carbamates (subject to hydrolysis) is 1. The summed E-state index contributed by atoms with van der Waals surface area (Å²) >= 11 is 0. The van der Waals surface area contributed by atoms with Crippen molar-refractivity contribution >= 4 is 23.8 Å². The van der Waals surface area contributed by atoms with Gasteiger partial charge in [-0.05, 0) is 56.9 Å². The quantitative estimate of drug-likeness (QED) is 0.122. The Morgan fingerprint density at radius 2 is 1.70 bits per heavy atom. The minimum absolute atomic E-state index is 0.0267. The number of hydrogen-bond acceptors (Lipinski definition) is 13. The van der Waals surface area contributed by atoms with E-state index in [1.54, 1.807) is 45.9 Å². The predicted octanol–water partition coefficient (Wildman–Crippen LogP) is 2.14. The highest BCUT2D eigenvalue weighted by Gasteiger charge is 2.76. The minimum Gasteiger partial charge on any atom is -0.456 e. The van der Waals surface area contributed by atoms with Gasteiger partial charge in [-0.3, -0.25) is 4.79 Å². The summed E-state index contributed by atoms with van der Waals surface area (Å²) in [4.78, 5) is 54.8. The van der Waals surface area contributed by atoms with Crippen LogP contribution in [0.5, 0.6) is 0 Å². The summed E-state index contributed by atoms with van der Waals surface area (Å²) in [5.41, 5.74) is -6.81. The number of nitrogens with one attached hydrogen (secondary N) is 1. The molecule has 292 valence electrons.